The summed E-state index contributed by atoms with van der Waals surface area (Å²) in [5.74, 6) is 0.399. The van der Waals surface area contributed by atoms with Crippen LogP contribution < -0.4 is 20.1 Å². The molecule has 2 N–H and O–H groups in total. The van der Waals surface area contributed by atoms with Gasteiger partial charge in [-0.3, -0.25) is 9.78 Å². The molecule has 1 aliphatic rings. The fourth-order valence-corrected chi connectivity index (χ4v) is 3.90. The summed E-state index contributed by atoms with van der Waals surface area (Å²) in [6.45, 7) is 4.87. The minimum Gasteiger partial charge on any atom is -0.493 e. The molecule has 2 atom stereocenters. The fraction of sp³-hybridized carbons (Fsp3) is 0.435. The van der Waals surface area contributed by atoms with Gasteiger partial charge in [0, 0.05) is 36.8 Å². The Balaban J connectivity index is 1.86. The Morgan fingerprint density at radius 2 is 1.94 bits per heavy atom. The van der Waals surface area contributed by atoms with Crippen molar-refractivity contribution in [1.82, 2.24) is 20.5 Å². The molecule has 8 nitrogen and oxygen atoms in total. The van der Waals surface area contributed by atoms with Crippen LogP contribution in [0.1, 0.15) is 31.0 Å². The molecule has 0 saturated carbocycles. The van der Waals surface area contributed by atoms with Crippen LogP contribution in [0.2, 0.25) is 0 Å². The molecule has 1 fully saturated rings. The second-order valence-electron chi connectivity index (χ2n) is 7.84. The summed E-state index contributed by atoms with van der Waals surface area (Å²) in [4.78, 5) is 31.8. The minimum atomic E-state index is -0.428. The Labute approximate surface area is 182 Å². The van der Waals surface area contributed by atoms with Crippen molar-refractivity contribution in [2.24, 2.45) is 5.92 Å². The van der Waals surface area contributed by atoms with E-state index in [1.54, 1.807) is 25.3 Å². The van der Waals surface area contributed by atoms with Gasteiger partial charge in [-0.2, -0.15) is 0 Å². The van der Waals surface area contributed by atoms with Crippen LogP contribution in [0.5, 0.6) is 11.5 Å². The second-order valence-corrected chi connectivity index (χ2v) is 7.84. The molecule has 2 heterocycles. The molecule has 0 radical (unpaired) electrons. The van der Waals surface area contributed by atoms with E-state index in [9.17, 15) is 9.59 Å². The average molecular weight is 427 g/mol. The van der Waals surface area contributed by atoms with Crippen molar-refractivity contribution < 1.29 is 19.1 Å². The zero-order valence-electron chi connectivity index (χ0n) is 18.4. The highest BCUT2D eigenvalue weighted by Crippen LogP contribution is 2.42. The van der Waals surface area contributed by atoms with Gasteiger partial charge in [-0.05, 0) is 32.0 Å². The molecule has 2 aromatic rings. The number of hydrogen-bond donors (Lipinski definition) is 2. The number of likely N-dealkylation sites (tertiary alicyclic amines) is 1. The normalized spacial score (nSPS) is 18.0. The first kappa shape index (κ1) is 22.4. The molecule has 1 saturated heterocycles. The second kappa shape index (κ2) is 10.1. The highest BCUT2D eigenvalue weighted by atomic mass is 16.5. The summed E-state index contributed by atoms with van der Waals surface area (Å²) >= 11 is 0. The molecule has 166 valence electrons. The number of rotatable bonds is 7. The minimum absolute atomic E-state index is 0.00865. The van der Waals surface area contributed by atoms with Gasteiger partial charge in [0.25, 0.3) is 0 Å². The number of amides is 3. The number of urea groups is 1. The SMILES string of the molecule is COc1cccc([C@H]2CN(C(=O)NC(C)C)C[C@@H]2C(=O)NCc2ccccn2)c1OC. The van der Waals surface area contributed by atoms with E-state index in [-0.39, 0.29) is 23.9 Å². The topological polar surface area (TPSA) is 92.8 Å². The third-order valence-corrected chi connectivity index (χ3v) is 5.36. The standard InChI is InChI=1S/C23H30N4O4/c1-15(2)26-23(29)27-13-18(17-9-7-10-20(30-3)21(17)31-4)19(14-27)22(28)25-12-16-8-5-6-11-24-16/h5-11,15,18-19H,12-14H2,1-4H3,(H,25,28)(H,26,29)/t18-,19+/m1/s1. The summed E-state index contributed by atoms with van der Waals surface area (Å²) in [6, 6.07) is 11.0. The van der Waals surface area contributed by atoms with E-state index in [2.05, 4.69) is 15.6 Å². The summed E-state index contributed by atoms with van der Waals surface area (Å²) in [7, 11) is 3.16. The third-order valence-electron chi connectivity index (χ3n) is 5.36. The number of aromatic nitrogens is 1. The van der Waals surface area contributed by atoms with E-state index < -0.39 is 5.92 Å². The molecule has 0 spiro atoms. The lowest BCUT2D eigenvalue weighted by Gasteiger charge is -2.21. The molecule has 0 bridgehead atoms. The van der Waals surface area contributed by atoms with Crippen molar-refractivity contribution >= 4 is 11.9 Å². The Morgan fingerprint density at radius 3 is 2.58 bits per heavy atom. The largest absolute Gasteiger partial charge is 0.493 e. The molecule has 0 aliphatic carbocycles. The first-order valence-corrected chi connectivity index (χ1v) is 10.4. The molecule has 1 aliphatic heterocycles. The summed E-state index contributed by atoms with van der Waals surface area (Å²) in [5, 5.41) is 5.89. The first-order chi connectivity index (χ1) is 14.9. The molecule has 3 amide bonds. The van der Waals surface area contributed by atoms with Crippen LogP contribution in [-0.2, 0) is 11.3 Å². The summed E-state index contributed by atoms with van der Waals surface area (Å²) in [5.41, 5.74) is 1.62. The van der Waals surface area contributed by atoms with Crippen molar-refractivity contribution in [2.75, 3.05) is 27.3 Å². The van der Waals surface area contributed by atoms with Gasteiger partial charge >= 0.3 is 6.03 Å². The quantitative estimate of drug-likeness (QED) is 0.710. The lowest BCUT2D eigenvalue weighted by atomic mass is 9.87. The number of carbonyl (C=O) groups is 2. The molecular weight excluding hydrogens is 396 g/mol. The highest BCUT2D eigenvalue weighted by molar-refractivity contribution is 5.83. The Morgan fingerprint density at radius 1 is 1.13 bits per heavy atom. The summed E-state index contributed by atoms with van der Waals surface area (Å²) < 4.78 is 11.0. The number of hydrogen-bond acceptors (Lipinski definition) is 5. The van der Waals surface area contributed by atoms with E-state index in [1.165, 1.54) is 0 Å². The van der Waals surface area contributed by atoms with Crippen molar-refractivity contribution in [3.8, 4) is 11.5 Å². The van der Waals surface area contributed by atoms with Crippen LogP contribution >= 0.6 is 0 Å². The van der Waals surface area contributed by atoms with Crippen LogP contribution in [0.15, 0.2) is 42.6 Å². The van der Waals surface area contributed by atoms with E-state index in [0.29, 0.717) is 31.1 Å². The zero-order chi connectivity index (χ0) is 22.4. The average Bonchev–Trinajstić information content (AvgIpc) is 3.22. The number of benzene rings is 1. The molecule has 8 heteroatoms. The van der Waals surface area contributed by atoms with Gasteiger partial charge in [-0.1, -0.05) is 18.2 Å². The molecule has 0 unspecified atom stereocenters. The van der Waals surface area contributed by atoms with E-state index in [4.69, 9.17) is 9.47 Å². The van der Waals surface area contributed by atoms with Crippen LogP contribution in [0, 0.1) is 5.92 Å². The summed E-state index contributed by atoms with van der Waals surface area (Å²) in [6.07, 6.45) is 1.69. The predicted molar refractivity (Wildman–Crippen MR) is 117 cm³/mol. The number of para-hydroxylation sites is 1. The Hall–Kier alpha value is -3.29. The maximum atomic E-state index is 13.2. The Kier molecular flexibility index (Phi) is 7.33. The van der Waals surface area contributed by atoms with Crippen LogP contribution in [0.25, 0.3) is 0 Å². The number of nitrogens with one attached hydrogen (secondary N) is 2. The van der Waals surface area contributed by atoms with Crippen LogP contribution in [0.3, 0.4) is 0 Å². The number of methoxy groups -OCH3 is 2. The zero-order valence-corrected chi connectivity index (χ0v) is 18.4. The van der Waals surface area contributed by atoms with E-state index in [0.717, 1.165) is 11.3 Å². The number of carbonyl (C=O) groups excluding carboxylic acids is 2. The van der Waals surface area contributed by atoms with Gasteiger partial charge in [0.15, 0.2) is 11.5 Å². The monoisotopic (exact) mass is 426 g/mol. The third kappa shape index (κ3) is 5.25. The lowest BCUT2D eigenvalue weighted by Crippen LogP contribution is -2.42. The van der Waals surface area contributed by atoms with Gasteiger partial charge in [0.1, 0.15) is 0 Å². The molecule has 1 aromatic heterocycles. The van der Waals surface area contributed by atoms with Gasteiger partial charge in [-0.15, -0.1) is 0 Å². The van der Waals surface area contributed by atoms with Crippen LogP contribution in [0.4, 0.5) is 4.79 Å². The Bertz CT molecular complexity index is 904. The fourth-order valence-electron chi connectivity index (χ4n) is 3.90. The predicted octanol–water partition coefficient (Wildman–Crippen LogP) is 2.55. The molecule has 1 aromatic carbocycles. The number of pyridine rings is 1. The maximum absolute atomic E-state index is 13.2. The van der Waals surface area contributed by atoms with Crippen molar-refractivity contribution in [3.05, 3.63) is 53.9 Å². The smallest absolute Gasteiger partial charge is 0.317 e. The van der Waals surface area contributed by atoms with Crippen molar-refractivity contribution in [3.63, 3.8) is 0 Å². The van der Waals surface area contributed by atoms with Crippen LogP contribution in [-0.4, -0.2) is 55.2 Å². The lowest BCUT2D eigenvalue weighted by molar-refractivity contribution is -0.125. The number of nitrogens with zero attached hydrogens (tertiary/aromatic N) is 2. The van der Waals surface area contributed by atoms with Gasteiger partial charge in [0.05, 0.1) is 32.4 Å². The van der Waals surface area contributed by atoms with E-state index >= 15 is 0 Å². The molecule has 3 rings (SSSR count). The van der Waals surface area contributed by atoms with Gasteiger partial charge in [0.2, 0.25) is 5.91 Å². The molecule has 31 heavy (non-hydrogen) atoms. The van der Waals surface area contributed by atoms with E-state index in [1.807, 2.05) is 50.2 Å². The number of ether oxygens (including phenoxy) is 2. The highest BCUT2D eigenvalue weighted by Gasteiger charge is 2.42. The van der Waals surface area contributed by atoms with Crippen molar-refractivity contribution in [1.29, 1.82) is 0 Å². The molecular formula is C23H30N4O4. The first-order valence-electron chi connectivity index (χ1n) is 10.4. The van der Waals surface area contributed by atoms with Gasteiger partial charge in [-0.25, -0.2) is 4.79 Å². The maximum Gasteiger partial charge on any atom is 0.317 e. The van der Waals surface area contributed by atoms with Gasteiger partial charge < -0.3 is 25.0 Å². The van der Waals surface area contributed by atoms with Crippen molar-refractivity contribution in [2.45, 2.75) is 32.4 Å².